The van der Waals surface area contributed by atoms with E-state index >= 15 is 0 Å². The Morgan fingerprint density at radius 1 is 0.409 bits per heavy atom. The van der Waals surface area contributed by atoms with Crippen LogP contribution in [0.25, 0.3) is 0 Å². The predicted octanol–water partition coefficient (Wildman–Crippen LogP) is 18.2. The molecule has 390 valence electrons. The van der Waals surface area contributed by atoms with Gasteiger partial charge in [-0.25, -0.2) is 0 Å². The Balaban J connectivity index is 3.46. The van der Waals surface area contributed by atoms with Crippen molar-refractivity contribution in [3.8, 4) is 0 Å². The van der Waals surface area contributed by atoms with E-state index in [0.717, 1.165) is 44.9 Å². The number of nitrogens with one attached hydrogen (secondary N) is 1. The van der Waals surface area contributed by atoms with Gasteiger partial charge in [-0.2, -0.15) is 0 Å². The summed E-state index contributed by atoms with van der Waals surface area (Å²) in [5.41, 5.74) is 0. The summed E-state index contributed by atoms with van der Waals surface area (Å²) in [4.78, 5) is 24.5. The molecule has 3 N–H and O–H groups in total. The molecule has 0 aliphatic heterocycles. The zero-order valence-corrected chi connectivity index (χ0v) is 44.4. The summed E-state index contributed by atoms with van der Waals surface area (Å²) in [6, 6.07) is -0.632. The molecule has 0 spiro atoms. The van der Waals surface area contributed by atoms with Crippen LogP contribution in [-0.2, 0) is 14.3 Å². The van der Waals surface area contributed by atoms with Crippen molar-refractivity contribution in [1.82, 2.24) is 5.32 Å². The average molecular weight is 931 g/mol. The molecule has 6 heteroatoms. The maximum absolute atomic E-state index is 12.5. The van der Waals surface area contributed by atoms with Crippen molar-refractivity contribution in [1.29, 1.82) is 0 Å². The Labute approximate surface area is 411 Å². The minimum absolute atomic E-state index is 0.00630. The van der Waals surface area contributed by atoms with Crippen LogP contribution in [0, 0.1) is 0 Å². The molecule has 0 aromatic carbocycles. The fourth-order valence-electron chi connectivity index (χ4n) is 9.15. The number of esters is 1. The van der Waals surface area contributed by atoms with Crippen molar-refractivity contribution in [3.05, 3.63) is 24.3 Å². The van der Waals surface area contributed by atoms with Crippen LogP contribution in [0.2, 0.25) is 0 Å². The number of carbonyl (C=O) groups is 2. The minimum atomic E-state index is -0.849. The molecule has 2 unspecified atom stereocenters. The number of carbonyl (C=O) groups excluding carboxylic acids is 2. The topological polar surface area (TPSA) is 95.9 Å². The highest BCUT2D eigenvalue weighted by molar-refractivity contribution is 5.76. The third-order valence-electron chi connectivity index (χ3n) is 13.7. The van der Waals surface area contributed by atoms with Gasteiger partial charge in [0.25, 0.3) is 0 Å². The van der Waals surface area contributed by atoms with E-state index in [0.29, 0.717) is 19.4 Å². The number of ether oxygens (including phenoxy) is 1. The van der Waals surface area contributed by atoms with Crippen LogP contribution in [0.5, 0.6) is 0 Å². The first-order valence-corrected chi connectivity index (χ1v) is 29.6. The molecular formula is C60H115NO5. The molecule has 0 bridgehead atoms. The third-order valence-corrected chi connectivity index (χ3v) is 13.7. The molecule has 0 rings (SSSR count). The molecule has 1 amide bonds. The van der Waals surface area contributed by atoms with Crippen molar-refractivity contribution in [2.75, 3.05) is 13.2 Å². The lowest BCUT2D eigenvalue weighted by Crippen LogP contribution is -2.45. The predicted molar refractivity (Wildman–Crippen MR) is 287 cm³/mol. The summed E-state index contributed by atoms with van der Waals surface area (Å²) < 4.78 is 5.45. The van der Waals surface area contributed by atoms with Gasteiger partial charge in [0.05, 0.1) is 25.4 Å². The first-order valence-electron chi connectivity index (χ1n) is 29.6. The van der Waals surface area contributed by atoms with Gasteiger partial charge in [0, 0.05) is 12.8 Å². The second-order valence-corrected chi connectivity index (χ2v) is 20.3. The smallest absolute Gasteiger partial charge is 0.305 e. The van der Waals surface area contributed by atoms with Gasteiger partial charge in [-0.3, -0.25) is 9.59 Å². The van der Waals surface area contributed by atoms with Crippen LogP contribution < -0.4 is 5.32 Å². The molecule has 0 aliphatic rings. The standard InChI is InChI=1S/C60H115NO5/c1-3-5-7-9-11-13-15-16-17-18-19-20-21-23-26-29-33-36-40-44-48-52-58(63)57(56-62)61-59(64)53-49-45-41-37-34-30-27-24-22-25-28-31-35-39-43-47-51-55-66-60(65)54-50-46-42-38-32-14-12-10-8-6-4-2/h10,12,48,52,57-58,62-63H,3-9,11,13-47,49-51,53-56H2,1-2H3,(H,61,64)/b12-10-,52-48+. The van der Waals surface area contributed by atoms with Crippen molar-refractivity contribution in [2.45, 2.75) is 334 Å². The molecular weight excluding hydrogens is 815 g/mol. The number of hydrogen-bond donors (Lipinski definition) is 3. The highest BCUT2D eigenvalue weighted by Gasteiger charge is 2.18. The number of allylic oxidation sites excluding steroid dienone is 3. The van der Waals surface area contributed by atoms with Crippen LogP contribution in [0.3, 0.4) is 0 Å². The summed E-state index contributed by atoms with van der Waals surface area (Å²) in [6.07, 6.45) is 67.7. The lowest BCUT2D eigenvalue weighted by molar-refractivity contribution is -0.143. The first-order chi connectivity index (χ1) is 32.5. The third kappa shape index (κ3) is 51.7. The van der Waals surface area contributed by atoms with E-state index in [9.17, 15) is 19.8 Å². The van der Waals surface area contributed by atoms with Crippen LogP contribution in [0.15, 0.2) is 24.3 Å². The maximum Gasteiger partial charge on any atom is 0.305 e. The van der Waals surface area contributed by atoms with E-state index in [4.69, 9.17) is 4.74 Å². The summed E-state index contributed by atoms with van der Waals surface area (Å²) in [6.45, 7) is 4.87. The number of rotatable bonds is 55. The average Bonchev–Trinajstić information content (AvgIpc) is 3.32. The van der Waals surface area contributed by atoms with Gasteiger partial charge in [0.15, 0.2) is 0 Å². The molecule has 6 nitrogen and oxygen atoms in total. The fraction of sp³-hybridized carbons (Fsp3) is 0.900. The van der Waals surface area contributed by atoms with Crippen LogP contribution in [0.1, 0.15) is 322 Å². The second kappa shape index (κ2) is 55.9. The molecule has 0 heterocycles. The quantitative estimate of drug-likeness (QED) is 0.0321. The van der Waals surface area contributed by atoms with Crippen molar-refractivity contribution >= 4 is 11.9 Å². The second-order valence-electron chi connectivity index (χ2n) is 20.3. The lowest BCUT2D eigenvalue weighted by atomic mass is 10.0. The normalized spacial score (nSPS) is 12.7. The Kier molecular flexibility index (Phi) is 54.5. The van der Waals surface area contributed by atoms with Crippen molar-refractivity contribution in [3.63, 3.8) is 0 Å². The zero-order chi connectivity index (χ0) is 47.9. The number of unbranched alkanes of at least 4 members (excludes halogenated alkanes) is 42. The Bertz CT molecular complexity index is 1030. The van der Waals surface area contributed by atoms with Gasteiger partial charge >= 0.3 is 5.97 Å². The van der Waals surface area contributed by atoms with E-state index in [1.54, 1.807) is 6.08 Å². The monoisotopic (exact) mass is 930 g/mol. The van der Waals surface area contributed by atoms with E-state index < -0.39 is 12.1 Å². The fourth-order valence-corrected chi connectivity index (χ4v) is 9.15. The van der Waals surface area contributed by atoms with E-state index in [1.165, 1.54) is 250 Å². The number of aliphatic hydroxyl groups is 2. The summed E-state index contributed by atoms with van der Waals surface area (Å²) in [5, 5.41) is 23.2. The van der Waals surface area contributed by atoms with Gasteiger partial charge in [-0.05, 0) is 51.4 Å². The van der Waals surface area contributed by atoms with E-state index in [1.807, 2.05) is 6.08 Å². The molecule has 0 aromatic rings. The maximum atomic E-state index is 12.5. The van der Waals surface area contributed by atoms with Crippen molar-refractivity contribution in [2.24, 2.45) is 0 Å². The number of amides is 1. The van der Waals surface area contributed by atoms with Gasteiger partial charge in [-0.1, -0.05) is 282 Å². The van der Waals surface area contributed by atoms with E-state index in [-0.39, 0.29) is 18.5 Å². The van der Waals surface area contributed by atoms with Crippen LogP contribution in [0.4, 0.5) is 0 Å². The first kappa shape index (κ1) is 64.3. The summed E-state index contributed by atoms with van der Waals surface area (Å²) in [5.74, 6) is -0.0771. The lowest BCUT2D eigenvalue weighted by Gasteiger charge is -2.20. The molecule has 0 saturated heterocycles. The Morgan fingerprint density at radius 3 is 1.12 bits per heavy atom. The Hall–Kier alpha value is -1.66. The zero-order valence-electron chi connectivity index (χ0n) is 44.4. The largest absolute Gasteiger partial charge is 0.466 e. The van der Waals surface area contributed by atoms with Crippen LogP contribution >= 0.6 is 0 Å². The molecule has 0 aliphatic carbocycles. The van der Waals surface area contributed by atoms with Crippen LogP contribution in [-0.4, -0.2) is 47.4 Å². The highest BCUT2D eigenvalue weighted by atomic mass is 16.5. The van der Waals surface area contributed by atoms with Gasteiger partial charge in [-0.15, -0.1) is 0 Å². The number of hydrogen-bond acceptors (Lipinski definition) is 5. The molecule has 0 fully saturated rings. The molecule has 2 atom stereocenters. The van der Waals surface area contributed by atoms with Gasteiger partial charge < -0.3 is 20.3 Å². The SMILES string of the molecule is CCCC/C=C\CCCCCCCC(=O)OCCCCCCCCCCCCCCCCCCCC(=O)NC(CO)C(O)/C=C/CCCCCCCCCCCCCCCCCCCCC. The summed E-state index contributed by atoms with van der Waals surface area (Å²) >= 11 is 0. The minimum Gasteiger partial charge on any atom is -0.466 e. The Morgan fingerprint density at radius 2 is 0.727 bits per heavy atom. The molecule has 0 aromatic heterocycles. The van der Waals surface area contributed by atoms with Crippen molar-refractivity contribution < 1.29 is 24.5 Å². The molecule has 66 heavy (non-hydrogen) atoms. The van der Waals surface area contributed by atoms with E-state index in [2.05, 4.69) is 31.3 Å². The molecule has 0 saturated carbocycles. The van der Waals surface area contributed by atoms with Gasteiger partial charge in [0.2, 0.25) is 5.91 Å². The van der Waals surface area contributed by atoms with Gasteiger partial charge in [0.1, 0.15) is 0 Å². The summed E-state index contributed by atoms with van der Waals surface area (Å²) in [7, 11) is 0. The number of aliphatic hydroxyl groups excluding tert-OH is 2. The molecule has 0 radical (unpaired) electrons. The highest BCUT2D eigenvalue weighted by Crippen LogP contribution is 2.17.